The van der Waals surface area contributed by atoms with Crippen molar-refractivity contribution in [3.05, 3.63) is 36.3 Å². The van der Waals surface area contributed by atoms with Crippen molar-refractivity contribution in [1.82, 2.24) is 19.5 Å². The zero-order valence-electron chi connectivity index (χ0n) is 16.5. The molecule has 0 bridgehead atoms. The van der Waals surface area contributed by atoms with Gasteiger partial charge in [-0.3, -0.25) is 4.57 Å². The van der Waals surface area contributed by atoms with Crippen LogP contribution in [0.2, 0.25) is 0 Å². The number of anilines is 1. The van der Waals surface area contributed by atoms with Gasteiger partial charge < -0.3 is 9.64 Å². The molecule has 0 N–H and O–H groups in total. The molecule has 0 saturated carbocycles. The molecule has 0 unspecified atom stereocenters. The lowest BCUT2D eigenvalue weighted by Gasteiger charge is -2.35. The normalized spacial score (nSPS) is 17.9. The van der Waals surface area contributed by atoms with Crippen LogP contribution in [-0.2, 0) is 14.5 Å². The lowest BCUT2D eigenvalue weighted by molar-refractivity contribution is 0.0989. The summed E-state index contributed by atoms with van der Waals surface area (Å²) >= 11 is 0. The first-order chi connectivity index (χ1) is 13.3. The van der Waals surface area contributed by atoms with Gasteiger partial charge in [0.05, 0.1) is 13.2 Å². The molecule has 28 heavy (non-hydrogen) atoms. The third-order valence-electron chi connectivity index (χ3n) is 4.61. The van der Waals surface area contributed by atoms with Crippen LogP contribution < -0.4 is 4.90 Å². The van der Waals surface area contributed by atoms with E-state index in [1.165, 1.54) is 0 Å². The van der Waals surface area contributed by atoms with E-state index in [-0.39, 0.29) is 6.04 Å². The van der Waals surface area contributed by atoms with Gasteiger partial charge >= 0.3 is 0 Å². The summed E-state index contributed by atoms with van der Waals surface area (Å²) < 4.78 is 24.2. The second-order valence-corrected chi connectivity index (χ2v) is 9.82. The van der Waals surface area contributed by atoms with E-state index < -0.39 is 9.73 Å². The molecule has 0 amide bonds. The van der Waals surface area contributed by atoms with Crippen LogP contribution >= 0.6 is 0 Å². The van der Waals surface area contributed by atoms with E-state index in [0.29, 0.717) is 24.8 Å². The van der Waals surface area contributed by atoms with Crippen LogP contribution in [0.15, 0.2) is 34.8 Å². The van der Waals surface area contributed by atoms with Gasteiger partial charge in [0, 0.05) is 58.8 Å². The number of pyridine rings is 2. The molecule has 0 spiro atoms. The van der Waals surface area contributed by atoms with Gasteiger partial charge in [0.2, 0.25) is 0 Å². The summed E-state index contributed by atoms with van der Waals surface area (Å²) in [6, 6.07) is 7.91. The Bertz CT molecular complexity index is 1140. The summed E-state index contributed by atoms with van der Waals surface area (Å²) in [6.45, 7) is 6.16. The second-order valence-electron chi connectivity index (χ2n) is 7.27. The van der Waals surface area contributed by atoms with Crippen molar-refractivity contribution >= 4 is 32.4 Å². The lowest BCUT2D eigenvalue weighted by atomic mass is 10.2. The zero-order chi connectivity index (χ0) is 19.9. The van der Waals surface area contributed by atoms with E-state index in [4.69, 9.17) is 4.74 Å². The largest absolute Gasteiger partial charge is 0.377 e. The highest BCUT2D eigenvalue weighted by atomic mass is 32.2. The Balaban J connectivity index is 1.93. The molecule has 8 nitrogen and oxygen atoms in total. The summed E-state index contributed by atoms with van der Waals surface area (Å²) in [7, 11) is -2.35. The predicted octanol–water partition coefficient (Wildman–Crippen LogP) is 2.71. The molecular weight excluding hydrogens is 376 g/mol. The quantitative estimate of drug-likeness (QED) is 0.672. The Morgan fingerprint density at radius 1 is 1.29 bits per heavy atom. The number of imidazole rings is 1. The fourth-order valence-corrected chi connectivity index (χ4v) is 4.00. The lowest BCUT2D eigenvalue weighted by Crippen LogP contribution is -2.43. The maximum absolute atomic E-state index is 12.3. The van der Waals surface area contributed by atoms with Crippen molar-refractivity contribution in [2.75, 3.05) is 37.2 Å². The summed E-state index contributed by atoms with van der Waals surface area (Å²) in [5.74, 6) is 1.89. The maximum Gasteiger partial charge on any atom is 0.165 e. The Morgan fingerprint density at radius 3 is 2.86 bits per heavy atom. The molecule has 0 radical (unpaired) electrons. The molecule has 4 rings (SSSR count). The number of morpholine rings is 1. The molecule has 9 heteroatoms. The fourth-order valence-electron chi connectivity index (χ4n) is 3.45. The van der Waals surface area contributed by atoms with Crippen molar-refractivity contribution in [1.29, 1.82) is 0 Å². The molecule has 1 aliphatic heterocycles. The van der Waals surface area contributed by atoms with Crippen LogP contribution in [0.1, 0.15) is 12.7 Å². The SMILES string of the molecule is Cc1nc2cccnc2n1-c1cc(N2CCOC[C@H]2C)cc(N=S(C)(C)=O)n1. The number of fused-ring (bicyclic) bond motifs is 1. The van der Waals surface area contributed by atoms with Crippen molar-refractivity contribution in [2.24, 2.45) is 4.36 Å². The molecular formula is C19H24N6O2S. The smallest absolute Gasteiger partial charge is 0.165 e. The highest BCUT2D eigenvalue weighted by Crippen LogP contribution is 2.29. The third-order valence-corrected chi connectivity index (χ3v) is 5.24. The summed E-state index contributed by atoms with van der Waals surface area (Å²) in [6.07, 6.45) is 4.96. The van der Waals surface area contributed by atoms with Crippen LogP contribution in [0, 0.1) is 6.92 Å². The Hall–Kier alpha value is -2.52. The topological polar surface area (TPSA) is 85.5 Å². The van der Waals surface area contributed by atoms with Gasteiger partial charge in [0.1, 0.15) is 17.2 Å². The Morgan fingerprint density at radius 2 is 2.11 bits per heavy atom. The van der Waals surface area contributed by atoms with Gasteiger partial charge in [-0.05, 0) is 26.0 Å². The third kappa shape index (κ3) is 3.72. The number of hydrogen-bond donors (Lipinski definition) is 0. The van der Waals surface area contributed by atoms with Gasteiger partial charge in [-0.15, -0.1) is 0 Å². The van der Waals surface area contributed by atoms with Gasteiger partial charge in [-0.1, -0.05) is 0 Å². The number of aromatic nitrogens is 4. The molecule has 4 heterocycles. The molecule has 3 aromatic heterocycles. The van der Waals surface area contributed by atoms with E-state index in [2.05, 4.69) is 31.1 Å². The van der Waals surface area contributed by atoms with Crippen LogP contribution in [0.4, 0.5) is 11.5 Å². The maximum atomic E-state index is 12.3. The van der Waals surface area contributed by atoms with Crippen molar-refractivity contribution in [3.8, 4) is 5.82 Å². The number of ether oxygens (including phenoxy) is 1. The van der Waals surface area contributed by atoms with E-state index in [9.17, 15) is 4.21 Å². The first-order valence-corrected chi connectivity index (χ1v) is 11.5. The second kappa shape index (κ2) is 7.14. The average Bonchev–Trinajstić information content (AvgIpc) is 2.96. The Labute approximate surface area is 164 Å². The van der Waals surface area contributed by atoms with E-state index >= 15 is 0 Å². The minimum Gasteiger partial charge on any atom is -0.377 e. The van der Waals surface area contributed by atoms with Gasteiger partial charge in [-0.25, -0.2) is 19.2 Å². The van der Waals surface area contributed by atoms with Crippen molar-refractivity contribution in [3.63, 3.8) is 0 Å². The monoisotopic (exact) mass is 400 g/mol. The molecule has 1 fully saturated rings. The molecule has 3 aromatic rings. The summed E-state index contributed by atoms with van der Waals surface area (Å²) in [4.78, 5) is 16.0. The Kier molecular flexibility index (Phi) is 4.80. The number of nitrogens with zero attached hydrogens (tertiary/aromatic N) is 6. The van der Waals surface area contributed by atoms with E-state index in [0.717, 1.165) is 29.2 Å². The average molecular weight is 401 g/mol. The molecule has 1 aliphatic rings. The summed E-state index contributed by atoms with van der Waals surface area (Å²) in [5.41, 5.74) is 2.51. The standard InChI is InChI=1S/C19H24N6O2S/c1-13-12-27-9-8-24(13)15-10-17(23-28(3,4)26)22-18(11-15)25-14(2)21-16-6-5-7-20-19(16)25/h5-7,10-11,13H,8-9,12H2,1-4H3/t13-/m1/s1. The first kappa shape index (κ1) is 18.8. The van der Waals surface area contributed by atoms with Gasteiger partial charge in [0.25, 0.3) is 0 Å². The minimum atomic E-state index is -2.35. The predicted molar refractivity (Wildman–Crippen MR) is 111 cm³/mol. The number of rotatable bonds is 3. The van der Waals surface area contributed by atoms with E-state index in [1.807, 2.05) is 35.8 Å². The molecule has 148 valence electrons. The highest BCUT2D eigenvalue weighted by Gasteiger charge is 2.22. The summed E-state index contributed by atoms with van der Waals surface area (Å²) in [5, 5.41) is 0. The number of hydrogen-bond acceptors (Lipinski definition) is 7. The number of aryl methyl sites for hydroxylation is 1. The molecule has 1 atom stereocenters. The zero-order valence-corrected chi connectivity index (χ0v) is 17.3. The van der Waals surface area contributed by atoms with E-state index in [1.54, 1.807) is 18.7 Å². The fraction of sp³-hybridized carbons (Fsp3) is 0.421. The van der Waals surface area contributed by atoms with Gasteiger partial charge in [-0.2, -0.15) is 4.36 Å². The van der Waals surface area contributed by atoms with Crippen LogP contribution in [0.3, 0.4) is 0 Å². The molecule has 1 saturated heterocycles. The highest BCUT2D eigenvalue weighted by molar-refractivity contribution is 7.92. The van der Waals surface area contributed by atoms with Crippen LogP contribution in [0.5, 0.6) is 0 Å². The van der Waals surface area contributed by atoms with Crippen molar-refractivity contribution < 1.29 is 8.95 Å². The molecule has 0 aromatic carbocycles. The van der Waals surface area contributed by atoms with Gasteiger partial charge in [0.15, 0.2) is 11.5 Å². The van der Waals surface area contributed by atoms with Crippen LogP contribution in [0.25, 0.3) is 17.0 Å². The molecule has 0 aliphatic carbocycles. The van der Waals surface area contributed by atoms with Crippen molar-refractivity contribution in [2.45, 2.75) is 19.9 Å². The minimum absolute atomic E-state index is 0.225. The van der Waals surface area contributed by atoms with Crippen LogP contribution in [-0.4, -0.2) is 62.0 Å². The first-order valence-electron chi connectivity index (χ1n) is 9.16.